The van der Waals surface area contributed by atoms with Crippen LogP contribution in [-0.2, 0) is 11.3 Å². The molecule has 40 heavy (non-hydrogen) atoms. The second kappa shape index (κ2) is 13.3. The lowest BCUT2D eigenvalue weighted by Crippen LogP contribution is -2.40. The molecule has 5 rings (SSSR count). The number of fused-ring (bicyclic) bond motifs is 1. The van der Waals surface area contributed by atoms with Crippen LogP contribution < -0.4 is 10.2 Å². The molecule has 2 amide bonds. The largest absolute Gasteiger partial charge is 0.352 e. The summed E-state index contributed by atoms with van der Waals surface area (Å²) in [4.78, 5) is 32.6. The lowest BCUT2D eigenvalue weighted by atomic mass is 10.00. The van der Waals surface area contributed by atoms with E-state index in [4.69, 9.17) is 0 Å². The summed E-state index contributed by atoms with van der Waals surface area (Å²) < 4.78 is 0. The van der Waals surface area contributed by atoms with Crippen LogP contribution in [0.15, 0.2) is 82.6 Å². The maximum Gasteiger partial charge on any atom is 0.265 e. The van der Waals surface area contributed by atoms with Crippen LogP contribution in [0.25, 0.3) is 6.08 Å². The van der Waals surface area contributed by atoms with Crippen molar-refractivity contribution in [3.05, 3.63) is 100.0 Å². The number of benzene rings is 3. The number of likely N-dealkylation sites (tertiary alicyclic amines) is 1. The zero-order chi connectivity index (χ0) is 27.9. The fraction of sp³-hybridized carbons (Fsp3) is 0.353. The highest BCUT2D eigenvalue weighted by atomic mass is 32.2. The van der Waals surface area contributed by atoms with Crippen molar-refractivity contribution in [2.75, 3.05) is 24.5 Å². The van der Waals surface area contributed by atoms with Crippen LogP contribution in [0.2, 0.25) is 0 Å². The van der Waals surface area contributed by atoms with E-state index in [9.17, 15) is 9.59 Å². The average Bonchev–Trinajstić information content (AvgIpc) is 2.98. The fourth-order valence-electron chi connectivity index (χ4n) is 5.70. The van der Waals surface area contributed by atoms with Gasteiger partial charge in [-0.15, -0.1) is 0 Å². The van der Waals surface area contributed by atoms with Crippen molar-refractivity contribution in [3.63, 3.8) is 0 Å². The molecule has 0 radical (unpaired) electrons. The molecule has 0 aromatic heterocycles. The number of hydrogen-bond acceptors (Lipinski definition) is 4. The number of rotatable bonds is 9. The molecule has 1 atom stereocenters. The van der Waals surface area contributed by atoms with Gasteiger partial charge in [-0.05, 0) is 80.6 Å². The summed E-state index contributed by atoms with van der Waals surface area (Å²) in [5.41, 5.74) is 4.76. The van der Waals surface area contributed by atoms with Crippen molar-refractivity contribution in [1.29, 1.82) is 0 Å². The smallest absolute Gasteiger partial charge is 0.265 e. The lowest BCUT2D eigenvalue weighted by molar-refractivity contribution is -0.114. The molecule has 0 spiro atoms. The topological polar surface area (TPSA) is 52.7 Å². The van der Waals surface area contributed by atoms with Gasteiger partial charge in [0, 0.05) is 29.6 Å². The number of nitrogens with one attached hydrogen (secondary N) is 1. The van der Waals surface area contributed by atoms with Gasteiger partial charge in [-0.1, -0.05) is 79.2 Å². The Morgan fingerprint density at radius 2 is 1.88 bits per heavy atom. The highest BCUT2D eigenvalue weighted by Gasteiger charge is 2.29. The van der Waals surface area contributed by atoms with Gasteiger partial charge >= 0.3 is 0 Å². The summed E-state index contributed by atoms with van der Waals surface area (Å²) in [6.45, 7) is 7.76. The number of nitrogens with zero attached hydrogens (tertiary/aromatic N) is 2. The quantitative estimate of drug-likeness (QED) is 0.228. The minimum atomic E-state index is -0.0498. The average molecular weight is 554 g/mol. The molecule has 2 heterocycles. The molecule has 6 heteroatoms. The van der Waals surface area contributed by atoms with Gasteiger partial charge < -0.3 is 15.1 Å². The Balaban J connectivity index is 1.22. The molecule has 2 aliphatic heterocycles. The Kier molecular flexibility index (Phi) is 9.40. The highest BCUT2D eigenvalue weighted by molar-refractivity contribution is 8.04. The van der Waals surface area contributed by atoms with Crippen LogP contribution in [-0.4, -0.2) is 42.4 Å². The molecule has 1 N–H and O–H groups in total. The summed E-state index contributed by atoms with van der Waals surface area (Å²) in [5.74, 6) is -0.0580. The molecule has 0 saturated carbocycles. The minimum Gasteiger partial charge on any atom is -0.352 e. The Hall–Kier alpha value is -3.35. The molecule has 1 fully saturated rings. The summed E-state index contributed by atoms with van der Waals surface area (Å²) in [6.07, 6.45) is 8.02. The van der Waals surface area contributed by atoms with E-state index < -0.39 is 0 Å². The summed E-state index contributed by atoms with van der Waals surface area (Å²) in [6, 6.07) is 24.6. The van der Waals surface area contributed by atoms with E-state index in [0.717, 1.165) is 34.7 Å². The SMILES string of the molecule is CC[C@H]1CCCCN1CCCNC(=O)c1ccc(/C=C2/Sc3ccccc3N(Cc3cccc(C)c3)C2=O)cc1. The third kappa shape index (κ3) is 6.86. The predicted octanol–water partition coefficient (Wildman–Crippen LogP) is 7.06. The Morgan fingerprint density at radius 3 is 2.67 bits per heavy atom. The van der Waals surface area contributed by atoms with E-state index in [1.807, 2.05) is 59.5 Å². The van der Waals surface area contributed by atoms with E-state index in [0.29, 0.717) is 29.6 Å². The van der Waals surface area contributed by atoms with E-state index in [2.05, 4.69) is 48.3 Å². The van der Waals surface area contributed by atoms with Crippen LogP contribution in [0.3, 0.4) is 0 Å². The third-order valence-corrected chi connectivity index (χ3v) is 8.93. The van der Waals surface area contributed by atoms with Crippen molar-refractivity contribution in [1.82, 2.24) is 10.2 Å². The van der Waals surface area contributed by atoms with Gasteiger partial charge in [-0.25, -0.2) is 0 Å². The Bertz CT molecular complexity index is 1370. The fourth-order valence-corrected chi connectivity index (χ4v) is 6.76. The molecule has 0 bridgehead atoms. The first-order chi connectivity index (χ1) is 19.5. The second-order valence-corrected chi connectivity index (χ2v) is 11.9. The summed E-state index contributed by atoms with van der Waals surface area (Å²) in [7, 11) is 0. The van der Waals surface area contributed by atoms with Crippen LogP contribution in [0, 0.1) is 6.92 Å². The number of para-hydroxylation sites is 1. The van der Waals surface area contributed by atoms with E-state index >= 15 is 0 Å². The monoisotopic (exact) mass is 553 g/mol. The van der Waals surface area contributed by atoms with Gasteiger partial charge in [0.05, 0.1) is 17.1 Å². The minimum absolute atomic E-state index is 0.00829. The Labute approximate surface area is 242 Å². The van der Waals surface area contributed by atoms with Gasteiger partial charge in [0.2, 0.25) is 0 Å². The van der Waals surface area contributed by atoms with Crippen LogP contribution >= 0.6 is 11.8 Å². The predicted molar refractivity (Wildman–Crippen MR) is 166 cm³/mol. The maximum absolute atomic E-state index is 13.6. The molecular weight excluding hydrogens is 514 g/mol. The van der Waals surface area contributed by atoms with Gasteiger partial charge in [-0.2, -0.15) is 0 Å². The lowest BCUT2D eigenvalue weighted by Gasteiger charge is -2.35. The van der Waals surface area contributed by atoms with Crippen molar-refractivity contribution >= 4 is 35.3 Å². The second-order valence-electron chi connectivity index (χ2n) is 10.8. The van der Waals surface area contributed by atoms with Gasteiger partial charge in [0.1, 0.15) is 0 Å². The van der Waals surface area contributed by atoms with E-state index in [1.54, 1.807) is 0 Å². The molecule has 0 unspecified atom stereocenters. The standard InChI is InChI=1S/C34H39N3O2S/c1-3-29-12-6-7-20-36(29)21-9-19-35-33(38)28-17-15-26(16-18-28)23-32-34(39)37(24-27-11-8-10-25(2)22-27)30-13-4-5-14-31(30)40-32/h4-5,8,10-11,13-18,22-23,29H,3,6-7,9,12,19-21,24H2,1-2H3,(H,35,38)/b32-23+/t29-/m0/s1. The molecule has 1 saturated heterocycles. The zero-order valence-electron chi connectivity index (χ0n) is 23.6. The molecule has 3 aromatic carbocycles. The summed E-state index contributed by atoms with van der Waals surface area (Å²) in [5, 5.41) is 3.08. The molecular formula is C34H39N3O2S. The number of amides is 2. The van der Waals surface area contributed by atoms with Gasteiger partial charge in [-0.3, -0.25) is 9.59 Å². The van der Waals surface area contributed by atoms with Crippen LogP contribution in [0.4, 0.5) is 5.69 Å². The van der Waals surface area contributed by atoms with Crippen LogP contribution in [0.5, 0.6) is 0 Å². The van der Waals surface area contributed by atoms with Gasteiger partial charge in [0.15, 0.2) is 0 Å². The van der Waals surface area contributed by atoms with Gasteiger partial charge in [0.25, 0.3) is 11.8 Å². The number of anilines is 1. The molecule has 2 aliphatic rings. The molecule has 0 aliphatic carbocycles. The van der Waals surface area contributed by atoms with E-state index in [-0.39, 0.29) is 11.8 Å². The number of thioether (sulfide) groups is 1. The van der Waals surface area contributed by atoms with Crippen molar-refractivity contribution in [2.24, 2.45) is 0 Å². The van der Waals surface area contributed by atoms with Crippen LogP contribution in [0.1, 0.15) is 66.1 Å². The van der Waals surface area contributed by atoms with Crippen molar-refractivity contribution in [2.45, 2.75) is 63.4 Å². The highest BCUT2D eigenvalue weighted by Crippen LogP contribution is 2.42. The van der Waals surface area contributed by atoms with E-state index in [1.165, 1.54) is 49.6 Å². The number of hydrogen-bond donors (Lipinski definition) is 1. The van der Waals surface area contributed by atoms with Crippen molar-refractivity contribution < 1.29 is 9.59 Å². The van der Waals surface area contributed by atoms with Crippen molar-refractivity contribution in [3.8, 4) is 0 Å². The first-order valence-electron chi connectivity index (χ1n) is 14.5. The number of piperidine rings is 1. The number of aryl methyl sites for hydroxylation is 1. The molecule has 3 aromatic rings. The number of carbonyl (C=O) groups excluding carboxylic acids is 2. The molecule has 208 valence electrons. The summed E-state index contributed by atoms with van der Waals surface area (Å²) >= 11 is 1.50. The Morgan fingerprint density at radius 1 is 1.05 bits per heavy atom. The normalized spacial score (nSPS) is 18.6. The number of carbonyl (C=O) groups is 2. The third-order valence-electron chi connectivity index (χ3n) is 7.85. The maximum atomic E-state index is 13.6. The first kappa shape index (κ1) is 28.2. The zero-order valence-corrected chi connectivity index (χ0v) is 24.4. The first-order valence-corrected chi connectivity index (χ1v) is 15.3. The molecule has 5 nitrogen and oxygen atoms in total.